The molecule has 14 heavy (non-hydrogen) atoms. The van der Waals surface area contributed by atoms with Crippen molar-refractivity contribution in [1.29, 1.82) is 0 Å². The lowest BCUT2D eigenvalue weighted by Gasteiger charge is -1.95. The van der Waals surface area contributed by atoms with Gasteiger partial charge in [0, 0.05) is 27.7 Å². The quantitative estimate of drug-likeness (QED) is 0.659. The van der Waals surface area contributed by atoms with E-state index in [1.165, 1.54) is 0 Å². The summed E-state index contributed by atoms with van der Waals surface area (Å²) < 4.78 is 0. The number of benzene rings is 1. The highest BCUT2D eigenvalue weighted by Gasteiger charge is 2.10. The predicted molar refractivity (Wildman–Crippen MR) is 61.4 cm³/mol. The molecule has 0 atom stereocenters. The van der Waals surface area contributed by atoms with Gasteiger partial charge >= 0.3 is 0 Å². The van der Waals surface area contributed by atoms with Crippen LogP contribution in [0.5, 0.6) is 0 Å². The van der Waals surface area contributed by atoms with Crippen LogP contribution in [0.25, 0.3) is 10.9 Å². The van der Waals surface area contributed by atoms with Crippen LogP contribution in [0.15, 0.2) is 24.4 Å². The van der Waals surface area contributed by atoms with E-state index in [1.54, 1.807) is 18.3 Å². The first-order valence-electron chi connectivity index (χ1n) is 4.08. The first kappa shape index (κ1) is 9.74. The van der Waals surface area contributed by atoms with Gasteiger partial charge in [0.2, 0.25) is 0 Å². The standard InChI is InChI=1S/C10H7BrClNO/c11-4-10(14)8-5-13-9-2-1-6(12)3-7(8)9/h1-3,5,13H,4H2. The highest BCUT2D eigenvalue weighted by molar-refractivity contribution is 9.09. The summed E-state index contributed by atoms with van der Waals surface area (Å²) in [6, 6.07) is 5.45. The molecule has 0 unspecified atom stereocenters. The number of carbonyl (C=O) groups is 1. The molecule has 0 aliphatic rings. The number of hydrogen-bond donors (Lipinski definition) is 1. The maximum atomic E-state index is 11.5. The molecule has 2 aromatic rings. The molecule has 0 fully saturated rings. The van der Waals surface area contributed by atoms with E-state index in [4.69, 9.17) is 11.6 Å². The van der Waals surface area contributed by atoms with E-state index in [1.807, 2.05) is 6.07 Å². The number of hydrogen-bond acceptors (Lipinski definition) is 1. The lowest BCUT2D eigenvalue weighted by atomic mass is 10.1. The van der Waals surface area contributed by atoms with Crippen molar-refractivity contribution in [1.82, 2.24) is 4.98 Å². The minimum Gasteiger partial charge on any atom is -0.360 e. The molecular formula is C10H7BrClNO. The largest absolute Gasteiger partial charge is 0.360 e. The third-order valence-corrected chi connectivity index (χ3v) is 2.81. The van der Waals surface area contributed by atoms with Crippen LogP contribution in [-0.2, 0) is 0 Å². The topological polar surface area (TPSA) is 32.9 Å². The molecule has 1 aromatic carbocycles. The fourth-order valence-corrected chi connectivity index (χ4v) is 1.87. The van der Waals surface area contributed by atoms with Crippen LogP contribution in [0.2, 0.25) is 5.02 Å². The van der Waals surface area contributed by atoms with Crippen LogP contribution < -0.4 is 0 Å². The van der Waals surface area contributed by atoms with Crippen LogP contribution in [-0.4, -0.2) is 16.1 Å². The molecule has 72 valence electrons. The molecule has 1 N–H and O–H groups in total. The van der Waals surface area contributed by atoms with E-state index in [0.717, 1.165) is 10.9 Å². The van der Waals surface area contributed by atoms with Gasteiger partial charge in [0.05, 0.1) is 5.33 Å². The minimum atomic E-state index is 0.0542. The molecular weight excluding hydrogens is 265 g/mol. The summed E-state index contributed by atoms with van der Waals surface area (Å²) in [6.45, 7) is 0. The van der Waals surface area contributed by atoms with Crippen LogP contribution in [0.3, 0.4) is 0 Å². The summed E-state index contributed by atoms with van der Waals surface area (Å²) in [7, 11) is 0. The van der Waals surface area contributed by atoms with Crippen molar-refractivity contribution < 1.29 is 4.79 Å². The van der Waals surface area contributed by atoms with E-state index >= 15 is 0 Å². The van der Waals surface area contributed by atoms with Crippen molar-refractivity contribution in [2.75, 3.05) is 5.33 Å². The molecule has 0 saturated carbocycles. The Morgan fingerprint density at radius 3 is 3.00 bits per heavy atom. The van der Waals surface area contributed by atoms with Gasteiger partial charge in [0.15, 0.2) is 5.78 Å². The van der Waals surface area contributed by atoms with Crippen LogP contribution in [0.4, 0.5) is 0 Å². The maximum Gasteiger partial charge on any atom is 0.175 e. The van der Waals surface area contributed by atoms with E-state index in [0.29, 0.717) is 15.9 Å². The second kappa shape index (κ2) is 3.75. The third kappa shape index (κ3) is 1.57. The summed E-state index contributed by atoms with van der Waals surface area (Å²) in [6.07, 6.45) is 1.71. The van der Waals surface area contributed by atoms with Gasteiger partial charge < -0.3 is 4.98 Å². The van der Waals surface area contributed by atoms with E-state index in [9.17, 15) is 4.79 Å². The number of Topliss-reactive ketones (excluding diaryl/α,β-unsaturated/α-hetero) is 1. The number of alkyl halides is 1. The Hall–Kier alpha value is -0.800. The normalized spacial score (nSPS) is 10.7. The Labute approximate surface area is 94.4 Å². The zero-order valence-electron chi connectivity index (χ0n) is 7.18. The summed E-state index contributed by atoms with van der Waals surface area (Å²) in [5, 5.41) is 1.84. The number of halogens is 2. The molecule has 0 radical (unpaired) electrons. The fraction of sp³-hybridized carbons (Fsp3) is 0.100. The van der Waals surface area contributed by atoms with Gasteiger partial charge in [-0.15, -0.1) is 0 Å². The molecule has 2 nitrogen and oxygen atoms in total. The van der Waals surface area contributed by atoms with E-state index in [-0.39, 0.29) is 5.78 Å². The monoisotopic (exact) mass is 271 g/mol. The first-order valence-corrected chi connectivity index (χ1v) is 5.58. The molecule has 0 bridgehead atoms. The fourth-order valence-electron chi connectivity index (χ4n) is 1.40. The Bertz CT molecular complexity index is 492. The Kier molecular flexibility index (Phi) is 2.61. The van der Waals surface area contributed by atoms with Gasteiger partial charge in [-0.2, -0.15) is 0 Å². The molecule has 0 aliphatic carbocycles. The number of fused-ring (bicyclic) bond motifs is 1. The smallest absolute Gasteiger partial charge is 0.175 e. The van der Waals surface area contributed by atoms with Gasteiger partial charge in [0.25, 0.3) is 0 Å². The van der Waals surface area contributed by atoms with Gasteiger partial charge in [-0.05, 0) is 18.2 Å². The minimum absolute atomic E-state index is 0.0542. The molecule has 0 saturated heterocycles. The third-order valence-electron chi connectivity index (χ3n) is 2.07. The van der Waals surface area contributed by atoms with Gasteiger partial charge in [-0.1, -0.05) is 27.5 Å². The molecule has 0 aliphatic heterocycles. The Morgan fingerprint density at radius 1 is 1.50 bits per heavy atom. The van der Waals surface area contributed by atoms with Crippen LogP contribution in [0.1, 0.15) is 10.4 Å². The summed E-state index contributed by atoms with van der Waals surface area (Å²) >= 11 is 9.00. The zero-order valence-corrected chi connectivity index (χ0v) is 9.52. The predicted octanol–water partition coefficient (Wildman–Crippen LogP) is 3.40. The summed E-state index contributed by atoms with van der Waals surface area (Å²) in [5.41, 5.74) is 1.61. The number of carbonyl (C=O) groups excluding carboxylic acids is 1. The number of aromatic amines is 1. The average Bonchev–Trinajstić information content (AvgIpc) is 2.59. The average molecular weight is 273 g/mol. The second-order valence-electron chi connectivity index (χ2n) is 2.95. The molecule has 4 heteroatoms. The van der Waals surface area contributed by atoms with Crippen LogP contribution >= 0.6 is 27.5 Å². The molecule has 0 spiro atoms. The number of aromatic nitrogens is 1. The van der Waals surface area contributed by atoms with Gasteiger partial charge in [0.1, 0.15) is 0 Å². The van der Waals surface area contributed by atoms with Crippen molar-refractivity contribution in [3.8, 4) is 0 Å². The number of ketones is 1. The van der Waals surface area contributed by atoms with Crippen molar-refractivity contribution in [2.45, 2.75) is 0 Å². The van der Waals surface area contributed by atoms with Crippen molar-refractivity contribution in [3.63, 3.8) is 0 Å². The zero-order chi connectivity index (χ0) is 10.1. The molecule has 2 rings (SSSR count). The van der Waals surface area contributed by atoms with Crippen molar-refractivity contribution in [2.24, 2.45) is 0 Å². The Morgan fingerprint density at radius 2 is 2.29 bits per heavy atom. The number of H-pyrrole nitrogens is 1. The molecule has 0 amide bonds. The first-order chi connectivity index (χ1) is 6.72. The lowest BCUT2D eigenvalue weighted by molar-refractivity contribution is 0.102. The Balaban J connectivity index is 2.67. The number of rotatable bonds is 2. The summed E-state index contributed by atoms with van der Waals surface area (Å²) in [4.78, 5) is 14.5. The molecule has 1 aromatic heterocycles. The lowest BCUT2D eigenvalue weighted by Crippen LogP contribution is -1.97. The highest BCUT2D eigenvalue weighted by Crippen LogP contribution is 2.22. The van der Waals surface area contributed by atoms with E-state index < -0.39 is 0 Å². The second-order valence-corrected chi connectivity index (χ2v) is 3.95. The maximum absolute atomic E-state index is 11.5. The van der Waals surface area contributed by atoms with Crippen molar-refractivity contribution in [3.05, 3.63) is 35.0 Å². The van der Waals surface area contributed by atoms with Gasteiger partial charge in [-0.25, -0.2) is 0 Å². The number of nitrogens with one attached hydrogen (secondary N) is 1. The SMILES string of the molecule is O=C(CBr)c1c[nH]c2ccc(Cl)cc12. The summed E-state index contributed by atoms with van der Waals surface area (Å²) in [5.74, 6) is 0.0542. The van der Waals surface area contributed by atoms with Gasteiger partial charge in [-0.3, -0.25) is 4.79 Å². The van der Waals surface area contributed by atoms with Crippen molar-refractivity contribution >= 4 is 44.2 Å². The van der Waals surface area contributed by atoms with E-state index in [2.05, 4.69) is 20.9 Å². The molecule has 1 heterocycles. The van der Waals surface area contributed by atoms with Crippen LogP contribution in [0, 0.1) is 0 Å². The highest BCUT2D eigenvalue weighted by atomic mass is 79.9.